The number of nitrogens with one attached hydrogen (secondary N) is 1. The third-order valence-corrected chi connectivity index (χ3v) is 7.79. The fourth-order valence-corrected chi connectivity index (χ4v) is 4.84. The average Bonchev–Trinajstić information content (AvgIpc) is 3.10. The Morgan fingerprint density at radius 1 is 1.03 bits per heavy atom. The number of carbonyl (C=O) groups is 3. The van der Waals surface area contributed by atoms with Gasteiger partial charge < -0.3 is 15.2 Å². The predicted octanol–water partition coefficient (Wildman–Crippen LogP) is 3.40. The third kappa shape index (κ3) is 5.16. The van der Waals surface area contributed by atoms with Crippen LogP contribution in [0.3, 0.4) is 0 Å². The molecule has 2 amide bonds. The Balaban J connectivity index is 1.73. The van der Waals surface area contributed by atoms with Crippen molar-refractivity contribution >= 4 is 27.7 Å². The highest BCUT2D eigenvalue weighted by atomic mass is 32.2. The number of fused-ring (bicyclic) bond motifs is 3. The standard InChI is InChI=1S/C23H26N2O6S/c1-3-32(30,4-2)25-22(28)20(13-21(26)27)24-23(29)31-14-19-17-11-7-5-9-15(17)16-10-6-8-12-18(16)19/h5-12,19-20H,3-4,13-14H2,1-2H3,(H,24,29)(H,26,27). The van der Waals surface area contributed by atoms with E-state index in [9.17, 15) is 18.6 Å². The molecule has 8 nitrogen and oxygen atoms in total. The lowest BCUT2D eigenvalue weighted by atomic mass is 9.98. The van der Waals surface area contributed by atoms with Crippen molar-refractivity contribution in [3.8, 4) is 11.1 Å². The fourth-order valence-electron chi connectivity index (χ4n) is 3.72. The smallest absolute Gasteiger partial charge is 0.407 e. The van der Waals surface area contributed by atoms with Crippen molar-refractivity contribution in [1.29, 1.82) is 0 Å². The van der Waals surface area contributed by atoms with Gasteiger partial charge in [-0.25, -0.2) is 9.00 Å². The second-order valence-corrected chi connectivity index (χ2v) is 10.3. The summed E-state index contributed by atoms with van der Waals surface area (Å²) in [6.07, 6.45) is -1.61. The van der Waals surface area contributed by atoms with Crippen LogP contribution in [0.5, 0.6) is 0 Å². The SMILES string of the molecule is CCS(=O)(CC)=NC(=O)C(CC(=O)O)NC(=O)OCC1c2ccccc2-c2ccccc21. The van der Waals surface area contributed by atoms with Crippen LogP contribution in [0.2, 0.25) is 0 Å². The number of ether oxygens (including phenoxy) is 1. The van der Waals surface area contributed by atoms with Crippen LogP contribution in [-0.4, -0.2) is 51.4 Å². The van der Waals surface area contributed by atoms with Crippen LogP contribution in [0, 0.1) is 0 Å². The minimum atomic E-state index is -2.78. The highest BCUT2D eigenvalue weighted by Gasteiger charge is 2.30. The summed E-state index contributed by atoms with van der Waals surface area (Å²) < 4.78 is 21.5. The molecule has 32 heavy (non-hydrogen) atoms. The van der Waals surface area contributed by atoms with Crippen molar-refractivity contribution in [2.75, 3.05) is 18.1 Å². The number of hydrogen-bond donors (Lipinski definition) is 2. The van der Waals surface area contributed by atoms with E-state index in [0.29, 0.717) is 0 Å². The lowest BCUT2D eigenvalue weighted by Crippen LogP contribution is -2.42. The number of hydrogen-bond acceptors (Lipinski definition) is 5. The molecule has 0 radical (unpaired) electrons. The summed E-state index contributed by atoms with van der Waals surface area (Å²) in [5.74, 6) is -2.10. The quantitative estimate of drug-likeness (QED) is 0.625. The lowest BCUT2D eigenvalue weighted by molar-refractivity contribution is -0.139. The second-order valence-electron chi connectivity index (χ2n) is 7.40. The molecule has 1 unspecified atom stereocenters. The van der Waals surface area contributed by atoms with Gasteiger partial charge in [0.25, 0.3) is 5.91 Å². The van der Waals surface area contributed by atoms with Gasteiger partial charge >= 0.3 is 12.1 Å². The van der Waals surface area contributed by atoms with Gasteiger partial charge in [-0.2, -0.15) is 4.36 Å². The maximum absolute atomic E-state index is 12.5. The summed E-state index contributed by atoms with van der Waals surface area (Å²) in [6, 6.07) is 14.2. The maximum Gasteiger partial charge on any atom is 0.407 e. The minimum absolute atomic E-state index is 0.0195. The zero-order valence-corrected chi connectivity index (χ0v) is 18.8. The molecule has 0 heterocycles. The van der Waals surface area contributed by atoms with Gasteiger partial charge in [0.05, 0.1) is 16.1 Å². The first kappa shape index (κ1) is 23.5. The first-order valence-electron chi connectivity index (χ1n) is 10.4. The lowest BCUT2D eigenvalue weighted by Gasteiger charge is -2.17. The summed E-state index contributed by atoms with van der Waals surface area (Å²) in [7, 11) is -2.78. The highest BCUT2D eigenvalue weighted by molar-refractivity contribution is 7.93. The van der Waals surface area contributed by atoms with Gasteiger partial charge in [0.15, 0.2) is 0 Å². The van der Waals surface area contributed by atoms with Gasteiger partial charge in [-0.15, -0.1) is 0 Å². The number of aliphatic carboxylic acids is 1. The van der Waals surface area contributed by atoms with E-state index in [-0.39, 0.29) is 24.0 Å². The van der Waals surface area contributed by atoms with Crippen LogP contribution in [0.1, 0.15) is 37.3 Å². The molecule has 1 aliphatic carbocycles. The van der Waals surface area contributed by atoms with Crippen molar-refractivity contribution in [1.82, 2.24) is 5.32 Å². The number of carboxylic acid groups (broad SMARTS) is 1. The summed E-state index contributed by atoms with van der Waals surface area (Å²) in [4.78, 5) is 36.1. The Kier molecular flexibility index (Phi) is 7.29. The summed E-state index contributed by atoms with van der Waals surface area (Å²) >= 11 is 0. The van der Waals surface area contributed by atoms with Crippen molar-refractivity contribution < 1.29 is 28.4 Å². The number of carboxylic acids is 1. The Labute approximate surface area is 187 Å². The zero-order chi connectivity index (χ0) is 23.3. The topological polar surface area (TPSA) is 122 Å². The molecule has 9 heteroatoms. The average molecular weight is 459 g/mol. The molecule has 0 aromatic heterocycles. The molecule has 2 aromatic carbocycles. The molecular weight excluding hydrogens is 432 g/mol. The third-order valence-electron chi connectivity index (χ3n) is 5.47. The largest absolute Gasteiger partial charge is 0.481 e. The second kappa shape index (κ2) is 9.95. The number of carbonyl (C=O) groups excluding carboxylic acids is 2. The molecule has 2 aromatic rings. The van der Waals surface area contributed by atoms with Crippen molar-refractivity contribution in [3.63, 3.8) is 0 Å². The van der Waals surface area contributed by atoms with Crippen molar-refractivity contribution in [2.24, 2.45) is 4.36 Å². The molecule has 0 spiro atoms. The van der Waals surface area contributed by atoms with Gasteiger partial charge in [-0.05, 0) is 22.3 Å². The highest BCUT2D eigenvalue weighted by Crippen LogP contribution is 2.44. The number of benzene rings is 2. The first-order chi connectivity index (χ1) is 15.3. The van der Waals surface area contributed by atoms with Crippen LogP contribution in [0.15, 0.2) is 52.9 Å². The van der Waals surface area contributed by atoms with Crippen LogP contribution in [-0.2, 0) is 24.1 Å². The Morgan fingerprint density at radius 3 is 2.06 bits per heavy atom. The summed E-state index contributed by atoms with van der Waals surface area (Å²) in [5, 5.41) is 11.4. The van der Waals surface area contributed by atoms with E-state index in [1.165, 1.54) is 0 Å². The van der Waals surface area contributed by atoms with Crippen LogP contribution >= 0.6 is 0 Å². The molecule has 0 fully saturated rings. The van der Waals surface area contributed by atoms with Gasteiger partial charge in [0.2, 0.25) is 0 Å². The van der Waals surface area contributed by atoms with Crippen LogP contribution in [0.4, 0.5) is 4.79 Å². The van der Waals surface area contributed by atoms with E-state index in [0.717, 1.165) is 22.3 Å². The van der Waals surface area contributed by atoms with Gasteiger partial charge in [0, 0.05) is 17.4 Å². The van der Waals surface area contributed by atoms with Crippen molar-refractivity contribution in [3.05, 3.63) is 59.7 Å². The fraction of sp³-hybridized carbons (Fsp3) is 0.348. The molecule has 0 saturated heterocycles. The molecule has 0 bridgehead atoms. The van der Waals surface area contributed by atoms with E-state index in [2.05, 4.69) is 9.68 Å². The van der Waals surface area contributed by atoms with E-state index < -0.39 is 40.2 Å². The molecule has 1 aliphatic rings. The van der Waals surface area contributed by atoms with Crippen LogP contribution < -0.4 is 5.32 Å². The van der Waals surface area contributed by atoms with Crippen molar-refractivity contribution in [2.45, 2.75) is 32.2 Å². The number of rotatable bonds is 8. The predicted molar refractivity (Wildman–Crippen MR) is 121 cm³/mol. The molecule has 2 N–H and O–H groups in total. The maximum atomic E-state index is 12.5. The van der Waals surface area contributed by atoms with Gasteiger partial charge in [0.1, 0.15) is 12.6 Å². The molecular formula is C23H26N2O6S. The molecule has 3 rings (SSSR count). The normalized spacial score (nSPS) is 13.6. The molecule has 170 valence electrons. The Morgan fingerprint density at radius 2 is 1.56 bits per heavy atom. The van der Waals surface area contributed by atoms with Gasteiger partial charge in [-0.1, -0.05) is 62.4 Å². The van der Waals surface area contributed by atoms with Crippen LogP contribution in [0.25, 0.3) is 11.1 Å². The van der Waals surface area contributed by atoms with E-state index in [1.54, 1.807) is 13.8 Å². The van der Waals surface area contributed by atoms with E-state index in [1.807, 2.05) is 48.5 Å². The first-order valence-corrected chi connectivity index (χ1v) is 12.2. The molecule has 1 atom stereocenters. The van der Waals surface area contributed by atoms with Gasteiger partial charge in [-0.3, -0.25) is 9.59 Å². The monoisotopic (exact) mass is 458 g/mol. The van der Waals surface area contributed by atoms with E-state index >= 15 is 0 Å². The van der Waals surface area contributed by atoms with E-state index in [4.69, 9.17) is 9.84 Å². The summed E-state index contributed by atoms with van der Waals surface area (Å²) in [5.41, 5.74) is 4.20. The molecule has 0 aliphatic heterocycles. The molecule has 0 saturated carbocycles. The number of alkyl carbamates (subject to hydrolysis) is 1. The number of nitrogens with zero attached hydrogens (tertiary/aromatic N) is 1. The minimum Gasteiger partial charge on any atom is -0.481 e. The number of amides is 2. The Bertz CT molecular complexity index is 1100. The zero-order valence-electron chi connectivity index (χ0n) is 17.9. The summed E-state index contributed by atoms with van der Waals surface area (Å²) in [6.45, 7) is 3.28. The Hall–Kier alpha value is -3.20.